The number of hydrogen-bond donors (Lipinski definition) is 1. The highest BCUT2D eigenvalue weighted by molar-refractivity contribution is 6.44. The van der Waals surface area contributed by atoms with E-state index in [9.17, 15) is 14.9 Å². The lowest BCUT2D eigenvalue weighted by molar-refractivity contribution is -0.384. The second-order valence-electron chi connectivity index (χ2n) is 3.57. The van der Waals surface area contributed by atoms with Crippen LogP contribution in [0.1, 0.15) is 10.4 Å². The average molecular weight is 313 g/mol. The maximum Gasteiger partial charge on any atom is 0.271 e. The van der Waals surface area contributed by atoms with Crippen molar-refractivity contribution in [2.45, 2.75) is 0 Å². The highest BCUT2D eigenvalue weighted by atomic mass is 35.5. The predicted octanol–water partition coefficient (Wildman–Crippen LogP) is 2.94. The van der Waals surface area contributed by atoms with Crippen molar-refractivity contribution >= 4 is 40.7 Å². The molecule has 1 amide bonds. The van der Waals surface area contributed by atoms with E-state index in [0.29, 0.717) is 0 Å². The third-order valence-corrected chi connectivity index (χ3v) is 3.06. The molecule has 1 aromatic heterocycles. The van der Waals surface area contributed by atoms with E-state index in [-0.39, 0.29) is 27.2 Å². The number of nitrogens with zero attached hydrogens (tertiary/aromatic N) is 3. The lowest BCUT2D eigenvalue weighted by atomic mass is 10.2. The molecular weight excluding hydrogens is 307 g/mol. The fourth-order valence-electron chi connectivity index (χ4n) is 1.38. The van der Waals surface area contributed by atoms with Crippen molar-refractivity contribution in [3.8, 4) is 0 Å². The van der Waals surface area contributed by atoms with Crippen molar-refractivity contribution in [2.24, 2.45) is 0 Å². The monoisotopic (exact) mass is 312 g/mol. The Balaban J connectivity index is 2.36. The summed E-state index contributed by atoms with van der Waals surface area (Å²) in [7, 11) is 0. The number of hydrogen-bond acceptors (Lipinski definition) is 5. The highest BCUT2D eigenvalue weighted by Crippen LogP contribution is 2.31. The van der Waals surface area contributed by atoms with Gasteiger partial charge in [-0.3, -0.25) is 20.2 Å². The molecule has 1 heterocycles. The molecule has 0 aliphatic heterocycles. The molecule has 0 saturated heterocycles. The van der Waals surface area contributed by atoms with Crippen LogP contribution in [-0.4, -0.2) is 20.8 Å². The van der Waals surface area contributed by atoms with Crippen molar-refractivity contribution < 1.29 is 9.72 Å². The van der Waals surface area contributed by atoms with Gasteiger partial charge in [0.2, 0.25) is 5.95 Å². The summed E-state index contributed by atoms with van der Waals surface area (Å²) < 4.78 is 0. The number of nitro groups is 1. The molecule has 2 aromatic rings. The number of halogens is 2. The molecule has 0 fully saturated rings. The number of carbonyl (C=O) groups excluding carboxylic acids is 1. The molecule has 0 atom stereocenters. The molecule has 1 aromatic carbocycles. The number of nitrogens with one attached hydrogen (secondary N) is 1. The fourth-order valence-corrected chi connectivity index (χ4v) is 1.79. The summed E-state index contributed by atoms with van der Waals surface area (Å²) >= 11 is 11.6. The van der Waals surface area contributed by atoms with Crippen molar-refractivity contribution in [1.29, 1.82) is 0 Å². The summed E-state index contributed by atoms with van der Waals surface area (Å²) in [6.45, 7) is 0. The van der Waals surface area contributed by atoms with Crippen LogP contribution >= 0.6 is 23.2 Å². The van der Waals surface area contributed by atoms with Crippen LogP contribution in [0.5, 0.6) is 0 Å². The van der Waals surface area contributed by atoms with Crippen LogP contribution in [0.4, 0.5) is 11.6 Å². The maximum atomic E-state index is 12.0. The molecule has 0 radical (unpaired) electrons. The van der Waals surface area contributed by atoms with Crippen molar-refractivity contribution in [3.05, 3.63) is 56.3 Å². The van der Waals surface area contributed by atoms with Gasteiger partial charge in [-0.2, -0.15) is 0 Å². The van der Waals surface area contributed by atoms with Gasteiger partial charge >= 0.3 is 0 Å². The van der Waals surface area contributed by atoms with Gasteiger partial charge < -0.3 is 0 Å². The van der Waals surface area contributed by atoms with Crippen molar-refractivity contribution in [3.63, 3.8) is 0 Å². The van der Waals surface area contributed by atoms with E-state index >= 15 is 0 Å². The quantitative estimate of drug-likeness (QED) is 0.694. The van der Waals surface area contributed by atoms with Gasteiger partial charge in [-0.25, -0.2) is 9.97 Å². The van der Waals surface area contributed by atoms with E-state index in [1.54, 1.807) is 6.07 Å². The zero-order valence-electron chi connectivity index (χ0n) is 9.71. The minimum absolute atomic E-state index is 0.0520. The molecule has 102 valence electrons. The first-order chi connectivity index (χ1) is 9.49. The molecule has 0 aliphatic rings. The third kappa shape index (κ3) is 3.01. The Morgan fingerprint density at radius 2 is 1.90 bits per heavy atom. The highest BCUT2D eigenvalue weighted by Gasteiger charge is 2.20. The minimum Gasteiger partial charge on any atom is -0.290 e. The standard InChI is InChI=1S/C11H6Cl2N4O3/c12-8-5-6(17(19)20)4-7(9(8)13)10(18)16-11-14-2-1-3-15-11/h1-5H,(H,14,15,16,18). The normalized spacial score (nSPS) is 10.1. The Hall–Kier alpha value is -2.25. The first kappa shape index (κ1) is 14.2. The van der Waals surface area contributed by atoms with Gasteiger partial charge in [0.05, 0.1) is 20.5 Å². The first-order valence-corrected chi connectivity index (χ1v) is 5.96. The number of non-ortho nitro benzene ring substituents is 1. The van der Waals surface area contributed by atoms with Gasteiger partial charge in [-0.05, 0) is 6.07 Å². The van der Waals surface area contributed by atoms with Crippen molar-refractivity contribution in [2.75, 3.05) is 5.32 Å². The summed E-state index contributed by atoms with van der Waals surface area (Å²) in [5.41, 5.74) is -0.461. The Bertz CT molecular complexity index is 679. The molecule has 20 heavy (non-hydrogen) atoms. The molecule has 9 heteroatoms. The van der Waals surface area contributed by atoms with Gasteiger partial charge in [-0.1, -0.05) is 23.2 Å². The van der Waals surface area contributed by atoms with E-state index in [1.165, 1.54) is 12.4 Å². The van der Waals surface area contributed by atoms with Gasteiger partial charge in [-0.15, -0.1) is 0 Å². The lowest BCUT2D eigenvalue weighted by Gasteiger charge is -2.06. The number of benzene rings is 1. The van der Waals surface area contributed by atoms with E-state index < -0.39 is 10.8 Å². The summed E-state index contributed by atoms with van der Waals surface area (Å²) in [4.78, 5) is 29.7. The molecule has 0 aliphatic carbocycles. The number of nitro benzene ring substituents is 1. The number of anilines is 1. The van der Waals surface area contributed by atoms with E-state index in [4.69, 9.17) is 23.2 Å². The molecule has 0 bridgehead atoms. The zero-order chi connectivity index (χ0) is 14.7. The average Bonchev–Trinajstić information content (AvgIpc) is 2.42. The SMILES string of the molecule is O=C(Nc1ncccn1)c1cc([N+](=O)[O-])cc(Cl)c1Cl. The lowest BCUT2D eigenvalue weighted by Crippen LogP contribution is -2.15. The second kappa shape index (κ2) is 5.81. The van der Waals surface area contributed by atoms with Crippen LogP contribution in [0.15, 0.2) is 30.6 Å². The largest absolute Gasteiger partial charge is 0.290 e. The Labute approximate surface area is 122 Å². The summed E-state index contributed by atoms with van der Waals surface area (Å²) in [5.74, 6) is -0.636. The first-order valence-electron chi connectivity index (χ1n) is 5.21. The molecule has 0 saturated carbocycles. The molecule has 7 nitrogen and oxygen atoms in total. The van der Waals surface area contributed by atoms with Crippen LogP contribution in [0, 0.1) is 10.1 Å². The summed E-state index contributed by atoms with van der Waals surface area (Å²) in [5, 5.41) is 12.9. The minimum atomic E-state index is -0.688. The molecule has 0 unspecified atom stereocenters. The zero-order valence-corrected chi connectivity index (χ0v) is 11.2. The van der Waals surface area contributed by atoms with E-state index in [1.807, 2.05) is 0 Å². The third-order valence-electron chi connectivity index (χ3n) is 2.26. The van der Waals surface area contributed by atoms with Crippen LogP contribution < -0.4 is 5.32 Å². The maximum absolute atomic E-state index is 12.0. The number of amides is 1. The number of rotatable bonds is 3. The Morgan fingerprint density at radius 3 is 2.50 bits per heavy atom. The predicted molar refractivity (Wildman–Crippen MR) is 73.1 cm³/mol. The van der Waals surface area contributed by atoms with Crippen LogP contribution in [-0.2, 0) is 0 Å². The van der Waals surface area contributed by atoms with Crippen LogP contribution in [0.25, 0.3) is 0 Å². The molecule has 1 N–H and O–H groups in total. The number of aromatic nitrogens is 2. The van der Waals surface area contributed by atoms with Gasteiger partial charge in [0, 0.05) is 24.5 Å². The van der Waals surface area contributed by atoms with Crippen LogP contribution in [0.3, 0.4) is 0 Å². The number of carbonyl (C=O) groups is 1. The van der Waals surface area contributed by atoms with Crippen LogP contribution in [0.2, 0.25) is 10.0 Å². The Morgan fingerprint density at radius 1 is 1.25 bits per heavy atom. The smallest absolute Gasteiger partial charge is 0.271 e. The van der Waals surface area contributed by atoms with E-state index in [0.717, 1.165) is 12.1 Å². The Kier molecular flexibility index (Phi) is 4.11. The molecule has 0 spiro atoms. The molecular formula is C11H6Cl2N4O3. The van der Waals surface area contributed by atoms with Crippen molar-refractivity contribution in [1.82, 2.24) is 9.97 Å². The fraction of sp³-hybridized carbons (Fsp3) is 0. The topological polar surface area (TPSA) is 98.0 Å². The second-order valence-corrected chi connectivity index (χ2v) is 4.36. The van der Waals surface area contributed by atoms with Gasteiger partial charge in [0.25, 0.3) is 11.6 Å². The van der Waals surface area contributed by atoms with Gasteiger partial charge in [0.15, 0.2) is 0 Å². The summed E-state index contributed by atoms with van der Waals surface area (Å²) in [6.07, 6.45) is 2.87. The molecule has 2 rings (SSSR count). The summed E-state index contributed by atoms with van der Waals surface area (Å²) in [6, 6.07) is 3.68. The van der Waals surface area contributed by atoms with E-state index in [2.05, 4.69) is 15.3 Å². The van der Waals surface area contributed by atoms with Gasteiger partial charge in [0.1, 0.15) is 0 Å².